The van der Waals surface area contributed by atoms with Gasteiger partial charge in [-0.05, 0) is 36.4 Å². The van der Waals surface area contributed by atoms with Gasteiger partial charge < -0.3 is 20.1 Å². The summed E-state index contributed by atoms with van der Waals surface area (Å²) in [5.74, 6) is -2.47. The van der Waals surface area contributed by atoms with Crippen LogP contribution < -0.4 is 20.1 Å². The molecule has 0 radical (unpaired) electrons. The zero-order valence-corrected chi connectivity index (χ0v) is 18.5. The van der Waals surface area contributed by atoms with Crippen molar-refractivity contribution in [1.82, 2.24) is 10.6 Å². The third-order valence-corrected chi connectivity index (χ3v) is 4.41. The van der Waals surface area contributed by atoms with Crippen molar-refractivity contribution in [3.8, 4) is 11.5 Å². The average molecular weight is 533 g/mol. The number of carbonyl (C=O) groups is 2. The van der Waals surface area contributed by atoms with Crippen molar-refractivity contribution in [3.05, 3.63) is 57.6 Å². The van der Waals surface area contributed by atoms with E-state index in [1.807, 2.05) is 0 Å². The third-order valence-electron chi connectivity index (χ3n) is 3.86. The number of hydrogen-bond acceptors (Lipinski definition) is 4. The molecule has 34 heavy (non-hydrogen) atoms. The van der Waals surface area contributed by atoms with Crippen LogP contribution >= 0.6 is 23.2 Å². The zero-order valence-electron chi connectivity index (χ0n) is 16.9. The molecule has 0 aliphatic rings. The van der Waals surface area contributed by atoms with Crippen molar-refractivity contribution in [2.24, 2.45) is 0 Å². The molecule has 14 heteroatoms. The van der Waals surface area contributed by atoms with Crippen molar-refractivity contribution in [1.29, 1.82) is 0 Å². The summed E-state index contributed by atoms with van der Waals surface area (Å²) in [5.41, 5.74) is -0.370. The van der Waals surface area contributed by atoms with Gasteiger partial charge in [0, 0.05) is 18.1 Å². The Labute approximate surface area is 199 Å². The van der Waals surface area contributed by atoms with Gasteiger partial charge >= 0.3 is 12.4 Å². The van der Waals surface area contributed by atoms with Gasteiger partial charge in [0.15, 0.2) is 13.2 Å². The van der Waals surface area contributed by atoms with E-state index in [2.05, 4.69) is 20.1 Å². The number of halogens is 8. The van der Waals surface area contributed by atoms with Gasteiger partial charge in [-0.15, -0.1) is 0 Å². The first-order valence-electron chi connectivity index (χ1n) is 9.30. The molecular weight excluding hydrogens is 517 g/mol. The molecule has 0 aromatic heterocycles. The van der Waals surface area contributed by atoms with Crippen molar-refractivity contribution < 1.29 is 45.4 Å². The molecule has 6 nitrogen and oxygen atoms in total. The fourth-order valence-corrected chi connectivity index (χ4v) is 2.94. The van der Waals surface area contributed by atoms with Crippen molar-refractivity contribution in [3.63, 3.8) is 0 Å². The van der Waals surface area contributed by atoms with Crippen LogP contribution in [0.2, 0.25) is 10.0 Å². The quantitative estimate of drug-likeness (QED) is 0.350. The Morgan fingerprint density at radius 2 is 1.32 bits per heavy atom. The summed E-state index contributed by atoms with van der Waals surface area (Å²) in [6, 6.07) is 6.83. The monoisotopic (exact) mass is 532 g/mol. The van der Waals surface area contributed by atoms with Crippen LogP contribution in [-0.4, -0.2) is 50.5 Å². The summed E-state index contributed by atoms with van der Waals surface area (Å²) in [6.07, 6.45) is -9.38. The summed E-state index contributed by atoms with van der Waals surface area (Å²) in [7, 11) is 0. The van der Waals surface area contributed by atoms with Gasteiger partial charge in [-0.3, -0.25) is 9.59 Å². The largest absolute Gasteiger partial charge is 0.484 e. The van der Waals surface area contributed by atoms with Crippen LogP contribution in [0.25, 0.3) is 0 Å². The second-order valence-electron chi connectivity index (χ2n) is 6.60. The number of benzene rings is 2. The van der Waals surface area contributed by atoms with Crippen molar-refractivity contribution in [2.45, 2.75) is 12.4 Å². The summed E-state index contributed by atoms with van der Waals surface area (Å²) >= 11 is 11.7. The van der Waals surface area contributed by atoms with Crippen LogP contribution in [-0.2, 0) is 0 Å². The van der Waals surface area contributed by atoms with Crippen LogP contribution in [0, 0.1) is 0 Å². The van der Waals surface area contributed by atoms with Crippen LogP contribution in [0.5, 0.6) is 11.5 Å². The molecule has 2 N–H and O–H groups in total. The highest BCUT2D eigenvalue weighted by Gasteiger charge is 2.30. The Morgan fingerprint density at radius 3 is 1.88 bits per heavy atom. The second-order valence-corrected chi connectivity index (χ2v) is 7.45. The summed E-state index contributed by atoms with van der Waals surface area (Å²) in [5, 5.41) is 5.20. The number of carbonyl (C=O) groups excluding carboxylic acids is 2. The van der Waals surface area contributed by atoms with Crippen LogP contribution in [0.15, 0.2) is 36.4 Å². The zero-order chi connectivity index (χ0) is 25.5. The predicted octanol–water partition coefficient (Wildman–Crippen LogP) is 5.04. The van der Waals surface area contributed by atoms with E-state index in [4.69, 9.17) is 23.2 Å². The SMILES string of the molecule is O=C(NCCNC(=O)c1cc(OCC(F)(F)F)ccc1OCC(F)(F)F)c1ccc(Cl)cc1Cl. The number of hydrogen-bond donors (Lipinski definition) is 2. The molecule has 2 rings (SSSR count). The molecule has 0 spiro atoms. The molecule has 2 amide bonds. The molecule has 0 saturated heterocycles. The lowest BCUT2D eigenvalue weighted by molar-refractivity contribution is -0.154. The molecule has 0 aliphatic heterocycles. The van der Waals surface area contributed by atoms with E-state index in [1.54, 1.807) is 0 Å². The highest BCUT2D eigenvalue weighted by Crippen LogP contribution is 2.28. The summed E-state index contributed by atoms with van der Waals surface area (Å²) in [4.78, 5) is 24.6. The Kier molecular flexibility index (Phi) is 9.28. The first-order valence-corrected chi connectivity index (χ1v) is 10.1. The minimum atomic E-state index is -4.72. The van der Waals surface area contributed by atoms with E-state index < -0.39 is 54.4 Å². The summed E-state index contributed by atoms with van der Waals surface area (Å²) < 4.78 is 83.7. The van der Waals surface area contributed by atoms with Gasteiger partial charge in [-0.1, -0.05) is 23.2 Å². The maximum atomic E-state index is 12.5. The molecule has 0 unspecified atom stereocenters. The number of nitrogens with one attached hydrogen (secondary N) is 2. The van der Waals surface area contributed by atoms with Crippen molar-refractivity contribution in [2.75, 3.05) is 26.3 Å². The molecule has 0 aliphatic carbocycles. The maximum absolute atomic E-state index is 12.5. The minimum Gasteiger partial charge on any atom is -0.484 e. The number of ether oxygens (including phenoxy) is 2. The van der Waals surface area contributed by atoms with E-state index >= 15 is 0 Å². The standard InChI is InChI=1S/C20H16Cl2F6N2O4/c21-11-1-3-13(15(22)7-11)17(31)29-5-6-30-18(32)14-8-12(33-9-19(23,24)25)2-4-16(14)34-10-20(26,27)28/h1-4,7-8H,5-6,9-10H2,(H,29,31)(H,30,32). The first-order chi connectivity index (χ1) is 15.7. The molecule has 0 saturated carbocycles. The Balaban J connectivity index is 2.03. The number of amides is 2. The predicted molar refractivity (Wildman–Crippen MR) is 111 cm³/mol. The summed E-state index contributed by atoms with van der Waals surface area (Å²) in [6.45, 7) is -3.68. The van der Waals surface area contributed by atoms with Crippen LogP contribution in [0.3, 0.4) is 0 Å². The Bertz CT molecular complexity index is 1030. The smallest absolute Gasteiger partial charge is 0.422 e. The van der Waals surface area contributed by atoms with Gasteiger partial charge in [0.05, 0.1) is 16.1 Å². The highest BCUT2D eigenvalue weighted by atomic mass is 35.5. The molecular formula is C20H16Cl2F6N2O4. The van der Waals surface area contributed by atoms with E-state index in [9.17, 15) is 35.9 Å². The van der Waals surface area contributed by atoms with E-state index in [1.165, 1.54) is 18.2 Å². The fourth-order valence-electron chi connectivity index (χ4n) is 2.44. The molecule has 0 bridgehead atoms. The lowest BCUT2D eigenvalue weighted by atomic mass is 10.1. The second kappa shape index (κ2) is 11.5. The van der Waals surface area contributed by atoms with Crippen molar-refractivity contribution >= 4 is 35.0 Å². The molecule has 0 fully saturated rings. The van der Waals surface area contributed by atoms with Crippen LogP contribution in [0.1, 0.15) is 20.7 Å². The van der Waals surface area contributed by atoms with E-state index in [0.717, 1.165) is 18.2 Å². The topological polar surface area (TPSA) is 76.7 Å². The molecule has 0 heterocycles. The average Bonchev–Trinajstić information content (AvgIpc) is 2.72. The lowest BCUT2D eigenvalue weighted by Crippen LogP contribution is -2.35. The normalized spacial score (nSPS) is 11.6. The first kappa shape index (κ1) is 27.4. The van der Waals surface area contributed by atoms with Gasteiger partial charge in [0.25, 0.3) is 11.8 Å². The molecule has 2 aromatic rings. The molecule has 0 atom stereocenters. The van der Waals surface area contributed by atoms with Gasteiger partial charge in [0.1, 0.15) is 11.5 Å². The third kappa shape index (κ3) is 9.18. The minimum absolute atomic E-state index is 0.0937. The highest BCUT2D eigenvalue weighted by molar-refractivity contribution is 6.36. The van der Waals surface area contributed by atoms with Gasteiger partial charge in [-0.25, -0.2) is 0 Å². The fraction of sp³-hybridized carbons (Fsp3) is 0.300. The van der Waals surface area contributed by atoms with Gasteiger partial charge in [-0.2, -0.15) is 26.3 Å². The Morgan fingerprint density at radius 1 is 0.765 bits per heavy atom. The van der Waals surface area contributed by atoms with Gasteiger partial charge in [0.2, 0.25) is 0 Å². The molecule has 2 aromatic carbocycles. The van der Waals surface area contributed by atoms with Crippen LogP contribution in [0.4, 0.5) is 26.3 Å². The molecule has 186 valence electrons. The lowest BCUT2D eigenvalue weighted by Gasteiger charge is -2.15. The van der Waals surface area contributed by atoms with E-state index in [-0.39, 0.29) is 23.7 Å². The number of rotatable bonds is 9. The van der Waals surface area contributed by atoms with E-state index in [0.29, 0.717) is 5.02 Å². The number of alkyl halides is 6. The maximum Gasteiger partial charge on any atom is 0.422 e. The Hall–Kier alpha value is -2.86.